The molecule has 1 aromatic rings. The van der Waals surface area contributed by atoms with E-state index in [0.717, 1.165) is 25.3 Å². The lowest BCUT2D eigenvalue weighted by atomic mass is 10.1. The zero-order chi connectivity index (χ0) is 12.7. The molecule has 0 aliphatic carbocycles. The minimum atomic E-state index is -0.567. The number of rotatable bonds is 7. The summed E-state index contributed by atoms with van der Waals surface area (Å²) in [5, 5.41) is 13.3. The van der Waals surface area contributed by atoms with Crippen molar-refractivity contribution in [1.82, 2.24) is 5.32 Å². The maximum atomic E-state index is 9.96. The van der Waals surface area contributed by atoms with Crippen molar-refractivity contribution in [2.24, 2.45) is 0 Å². The van der Waals surface area contributed by atoms with Crippen molar-refractivity contribution in [3.63, 3.8) is 0 Å². The van der Waals surface area contributed by atoms with Crippen LogP contribution >= 0.6 is 11.8 Å². The van der Waals surface area contributed by atoms with Gasteiger partial charge in [-0.25, -0.2) is 0 Å². The summed E-state index contributed by atoms with van der Waals surface area (Å²) in [7, 11) is 0. The normalized spacial score (nSPS) is 14.6. The Morgan fingerprint density at radius 1 is 1.35 bits per heavy atom. The summed E-state index contributed by atoms with van der Waals surface area (Å²) in [6.07, 6.45) is 0.789. The van der Waals surface area contributed by atoms with Crippen molar-refractivity contribution in [3.8, 4) is 0 Å². The van der Waals surface area contributed by atoms with Gasteiger partial charge in [-0.2, -0.15) is 0 Å². The van der Waals surface area contributed by atoms with Gasteiger partial charge in [0.2, 0.25) is 0 Å². The molecule has 17 heavy (non-hydrogen) atoms. The van der Waals surface area contributed by atoms with E-state index in [2.05, 4.69) is 36.5 Å². The summed E-state index contributed by atoms with van der Waals surface area (Å²) in [6.45, 7) is 7.92. The minimum Gasteiger partial charge on any atom is -0.389 e. The molecule has 0 saturated carbocycles. The van der Waals surface area contributed by atoms with E-state index < -0.39 is 5.60 Å². The molecule has 0 bridgehead atoms. The first kappa shape index (κ1) is 14.6. The van der Waals surface area contributed by atoms with E-state index in [4.69, 9.17) is 0 Å². The lowest BCUT2D eigenvalue weighted by molar-refractivity contribution is 0.0816. The van der Waals surface area contributed by atoms with Crippen LogP contribution in [0.2, 0.25) is 0 Å². The van der Waals surface area contributed by atoms with Gasteiger partial charge in [0, 0.05) is 17.2 Å². The van der Waals surface area contributed by atoms with E-state index in [1.54, 1.807) is 11.8 Å². The molecule has 1 atom stereocenters. The molecular formula is C14H23NOS. The molecule has 0 spiro atoms. The quantitative estimate of drug-likeness (QED) is 0.733. The summed E-state index contributed by atoms with van der Waals surface area (Å²) in [5.41, 5.74) is 0.732. The van der Waals surface area contributed by atoms with Gasteiger partial charge < -0.3 is 10.4 Å². The topological polar surface area (TPSA) is 32.3 Å². The van der Waals surface area contributed by atoms with E-state index in [1.807, 2.05) is 13.8 Å². The molecule has 0 fully saturated rings. The number of benzene rings is 1. The van der Waals surface area contributed by atoms with Gasteiger partial charge in [-0.3, -0.25) is 0 Å². The van der Waals surface area contributed by atoms with Crippen LogP contribution in [0.1, 0.15) is 32.8 Å². The summed E-state index contributed by atoms with van der Waals surface area (Å²) in [6, 6.07) is 8.51. The summed E-state index contributed by atoms with van der Waals surface area (Å²) in [5.74, 6) is 0.744. The Kier molecular flexibility index (Phi) is 6.03. The molecule has 0 aliphatic rings. The number of hydrogen-bond acceptors (Lipinski definition) is 3. The van der Waals surface area contributed by atoms with Crippen molar-refractivity contribution in [2.75, 3.05) is 12.3 Å². The van der Waals surface area contributed by atoms with Gasteiger partial charge in [-0.05, 0) is 37.6 Å². The molecule has 0 aromatic heterocycles. The van der Waals surface area contributed by atoms with Crippen LogP contribution in [-0.2, 0) is 6.54 Å². The van der Waals surface area contributed by atoms with Crippen LogP contribution in [-0.4, -0.2) is 23.0 Å². The molecule has 0 amide bonds. The molecule has 0 radical (unpaired) electrons. The maximum Gasteiger partial charge on any atom is 0.0710 e. The molecule has 1 unspecified atom stereocenters. The first-order valence-electron chi connectivity index (χ1n) is 6.22. The number of aliphatic hydroxyl groups is 1. The predicted molar refractivity (Wildman–Crippen MR) is 75.5 cm³/mol. The first-order chi connectivity index (χ1) is 8.07. The Hall–Kier alpha value is -0.510. The Morgan fingerprint density at radius 2 is 2.12 bits per heavy atom. The Balaban J connectivity index is 2.53. The summed E-state index contributed by atoms with van der Waals surface area (Å²) >= 11 is 1.72. The lowest BCUT2D eigenvalue weighted by Crippen LogP contribution is -2.25. The highest BCUT2D eigenvalue weighted by Gasteiger charge is 2.17. The number of hydrogen-bond donors (Lipinski definition) is 2. The highest BCUT2D eigenvalue weighted by molar-refractivity contribution is 7.99. The molecule has 1 rings (SSSR count). The predicted octanol–water partition coefficient (Wildman–Crippen LogP) is 3.05. The van der Waals surface area contributed by atoms with Gasteiger partial charge in [0.05, 0.1) is 5.60 Å². The van der Waals surface area contributed by atoms with Crippen LogP contribution in [0.3, 0.4) is 0 Å². The standard InChI is InChI=1S/C14H23NOS/c1-4-14(3,16)11-17-13-8-6-7-12(9-13)10-15-5-2/h6-9,15-16H,4-5,10-11H2,1-3H3. The van der Waals surface area contributed by atoms with E-state index in [0.29, 0.717) is 0 Å². The molecule has 96 valence electrons. The second-order valence-corrected chi connectivity index (χ2v) is 5.62. The van der Waals surface area contributed by atoms with Gasteiger partial charge in [0.25, 0.3) is 0 Å². The molecule has 0 saturated heterocycles. The summed E-state index contributed by atoms with van der Waals surface area (Å²) < 4.78 is 0. The molecule has 2 N–H and O–H groups in total. The van der Waals surface area contributed by atoms with E-state index in [1.165, 1.54) is 10.5 Å². The largest absolute Gasteiger partial charge is 0.389 e. The third kappa shape index (κ3) is 5.57. The third-order valence-electron chi connectivity index (χ3n) is 2.79. The fraction of sp³-hybridized carbons (Fsp3) is 0.571. The van der Waals surface area contributed by atoms with Crippen LogP contribution in [0.5, 0.6) is 0 Å². The first-order valence-corrected chi connectivity index (χ1v) is 7.21. The van der Waals surface area contributed by atoms with E-state index in [9.17, 15) is 5.11 Å². The van der Waals surface area contributed by atoms with Crippen LogP contribution in [0.4, 0.5) is 0 Å². The fourth-order valence-electron chi connectivity index (χ4n) is 1.36. The Labute approximate surface area is 109 Å². The van der Waals surface area contributed by atoms with Crippen molar-refractivity contribution >= 4 is 11.8 Å². The van der Waals surface area contributed by atoms with Crippen molar-refractivity contribution in [2.45, 2.75) is 44.2 Å². The van der Waals surface area contributed by atoms with Crippen molar-refractivity contribution < 1.29 is 5.11 Å². The van der Waals surface area contributed by atoms with Crippen molar-refractivity contribution in [1.29, 1.82) is 0 Å². The van der Waals surface area contributed by atoms with Crippen LogP contribution in [0.15, 0.2) is 29.2 Å². The molecule has 1 aromatic carbocycles. The van der Waals surface area contributed by atoms with E-state index >= 15 is 0 Å². The van der Waals surface area contributed by atoms with Crippen LogP contribution in [0.25, 0.3) is 0 Å². The van der Waals surface area contributed by atoms with Gasteiger partial charge in [-0.15, -0.1) is 11.8 Å². The third-order valence-corrected chi connectivity index (χ3v) is 4.14. The Morgan fingerprint density at radius 3 is 2.76 bits per heavy atom. The minimum absolute atomic E-state index is 0.567. The van der Waals surface area contributed by atoms with Crippen molar-refractivity contribution in [3.05, 3.63) is 29.8 Å². The van der Waals surface area contributed by atoms with Gasteiger partial charge in [0.15, 0.2) is 0 Å². The highest BCUT2D eigenvalue weighted by atomic mass is 32.2. The smallest absolute Gasteiger partial charge is 0.0710 e. The van der Waals surface area contributed by atoms with Gasteiger partial charge in [0.1, 0.15) is 0 Å². The second-order valence-electron chi connectivity index (χ2n) is 4.57. The molecular weight excluding hydrogens is 230 g/mol. The SMILES string of the molecule is CCNCc1cccc(SCC(C)(O)CC)c1. The fourth-order valence-corrected chi connectivity index (χ4v) is 2.45. The lowest BCUT2D eigenvalue weighted by Gasteiger charge is -2.20. The second kappa shape index (κ2) is 7.04. The monoisotopic (exact) mass is 253 g/mol. The highest BCUT2D eigenvalue weighted by Crippen LogP contribution is 2.25. The maximum absolute atomic E-state index is 9.96. The molecule has 0 aliphatic heterocycles. The zero-order valence-electron chi connectivity index (χ0n) is 11.0. The molecule has 2 nitrogen and oxygen atoms in total. The summed E-state index contributed by atoms with van der Waals surface area (Å²) in [4.78, 5) is 1.23. The Bertz CT molecular complexity index is 339. The number of thioether (sulfide) groups is 1. The molecule has 3 heteroatoms. The van der Waals surface area contributed by atoms with Gasteiger partial charge in [-0.1, -0.05) is 26.0 Å². The van der Waals surface area contributed by atoms with Crippen LogP contribution in [0, 0.1) is 0 Å². The average Bonchev–Trinajstić information content (AvgIpc) is 2.35. The van der Waals surface area contributed by atoms with Crippen LogP contribution < -0.4 is 5.32 Å². The molecule has 0 heterocycles. The zero-order valence-corrected chi connectivity index (χ0v) is 11.8. The van der Waals surface area contributed by atoms with Gasteiger partial charge >= 0.3 is 0 Å². The average molecular weight is 253 g/mol. The van der Waals surface area contributed by atoms with E-state index in [-0.39, 0.29) is 0 Å². The number of nitrogens with one attached hydrogen (secondary N) is 1.